The Morgan fingerprint density at radius 2 is 1.80 bits per heavy atom. The van der Waals surface area contributed by atoms with E-state index in [1.807, 2.05) is 24.3 Å². The van der Waals surface area contributed by atoms with Gasteiger partial charge < -0.3 is 15.7 Å². The van der Waals surface area contributed by atoms with Crippen LogP contribution in [0.5, 0.6) is 5.75 Å². The van der Waals surface area contributed by atoms with Gasteiger partial charge >= 0.3 is 0 Å². The number of halogens is 1. The minimum atomic E-state index is -0.0883. The Labute approximate surface area is 122 Å². The lowest BCUT2D eigenvalue weighted by Crippen LogP contribution is -2.06. The van der Waals surface area contributed by atoms with Gasteiger partial charge in [-0.05, 0) is 35.9 Å². The van der Waals surface area contributed by atoms with Crippen molar-refractivity contribution in [3.05, 3.63) is 53.1 Å². The minimum absolute atomic E-state index is 0.0666. The first-order valence-corrected chi connectivity index (χ1v) is 6.51. The summed E-state index contributed by atoms with van der Waals surface area (Å²) in [6.45, 7) is 2.10. The van der Waals surface area contributed by atoms with Crippen molar-refractivity contribution in [1.82, 2.24) is 0 Å². The van der Waals surface area contributed by atoms with Gasteiger partial charge in [0, 0.05) is 24.8 Å². The maximum absolute atomic E-state index is 10.9. The summed E-state index contributed by atoms with van der Waals surface area (Å²) in [7, 11) is 0. The van der Waals surface area contributed by atoms with Crippen LogP contribution in [-0.2, 0) is 11.3 Å². The van der Waals surface area contributed by atoms with Crippen LogP contribution in [-0.4, -0.2) is 11.0 Å². The van der Waals surface area contributed by atoms with Gasteiger partial charge in [0.15, 0.2) is 0 Å². The molecule has 0 aromatic heterocycles. The molecule has 2 aromatic carbocycles. The van der Waals surface area contributed by atoms with Gasteiger partial charge in [0.05, 0.1) is 5.02 Å². The van der Waals surface area contributed by atoms with E-state index in [1.54, 1.807) is 18.2 Å². The lowest BCUT2D eigenvalue weighted by molar-refractivity contribution is -0.114. The molecular weight excluding hydrogens is 276 g/mol. The highest BCUT2D eigenvalue weighted by Crippen LogP contribution is 2.26. The number of carbonyl (C=O) groups excluding carboxylic acids is 1. The molecule has 0 aliphatic heterocycles. The van der Waals surface area contributed by atoms with Crippen molar-refractivity contribution in [3.8, 4) is 5.75 Å². The third-order valence-corrected chi connectivity index (χ3v) is 3.02. The van der Waals surface area contributed by atoms with Crippen LogP contribution in [0.2, 0.25) is 5.02 Å². The highest BCUT2D eigenvalue weighted by molar-refractivity contribution is 6.32. The Balaban J connectivity index is 1.96. The van der Waals surface area contributed by atoms with Crippen molar-refractivity contribution >= 4 is 28.9 Å². The van der Waals surface area contributed by atoms with Gasteiger partial charge in [-0.3, -0.25) is 4.79 Å². The number of phenolic OH excluding ortho intramolecular Hbond substituents is 1. The van der Waals surface area contributed by atoms with E-state index in [0.717, 1.165) is 16.9 Å². The van der Waals surface area contributed by atoms with Gasteiger partial charge in [0.25, 0.3) is 0 Å². The average Bonchev–Trinajstić information content (AvgIpc) is 2.41. The smallest absolute Gasteiger partial charge is 0.221 e. The number of nitrogens with one attached hydrogen (secondary N) is 2. The molecule has 0 heterocycles. The maximum atomic E-state index is 10.9. The molecule has 2 rings (SSSR count). The van der Waals surface area contributed by atoms with Gasteiger partial charge in [0.2, 0.25) is 5.91 Å². The molecule has 0 unspecified atom stereocenters. The molecule has 20 heavy (non-hydrogen) atoms. The quantitative estimate of drug-likeness (QED) is 0.754. The fourth-order valence-electron chi connectivity index (χ4n) is 1.73. The number of phenols is 1. The Morgan fingerprint density at radius 1 is 1.15 bits per heavy atom. The van der Waals surface area contributed by atoms with Crippen LogP contribution in [0.1, 0.15) is 12.5 Å². The summed E-state index contributed by atoms with van der Waals surface area (Å²) in [6, 6.07) is 12.5. The Morgan fingerprint density at radius 3 is 2.40 bits per heavy atom. The van der Waals surface area contributed by atoms with Gasteiger partial charge in [-0.2, -0.15) is 0 Å². The van der Waals surface area contributed by atoms with Crippen LogP contribution in [0.25, 0.3) is 0 Å². The van der Waals surface area contributed by atoms with Gasteiger partial charge in [-0.1, -0.05) is 23.7 Å². The first-order valence-electron chi connectivity index (χ1n) is 6.13. The molecule has 0 radical (unpaired) electrons. The number of amides is 1. The second kappa shape index (κ2) is 6.30. The van der Waals surface area contributed by atoms with Gasteiger partial charge in [-0.25, -0.2) is 0 Å². The lowest BCUT2D eigenvalue weighted by Gasteiger charge is -2.08. The molecule has 104 valence electrons. The zero-order valence-corrected chi connectivity index (χ0v) is 11.7. The largest absolute Gasteiger partial charge is 0.506 e. The Hall–Kier alpha value is -2.20. The molecule has 0 saturated carbocycles. The average molecular weight is 291 g/mol. The molecule has 0 aliphatic carbocycles. The van der Waals surface area contributed by atoms with E-state index >= 15 is 0 Å². The molecular formula is C15H15ClN2O2. The van der Waals surface area contributed by atoms with E-state index in [4.69, 9.17) is 11.6 Å². The highest BCUT2D eigenvalue weighted by atomic mass is 35.5. The molecule has 0 bridgehead atoms. The standard InChI is InChI=1S/C15H15ClN2O2/c1-10(19)18-12-4-2-11(3-5-12)9-17-13-6-7-15(20)14(16)8-13/h2-8,17,20H,9H2,1H3,(H,18,19). The SMILES string of the molecule is CC(=O)Nc1ccc(CNc2ccc(O)c(Cl)c2)cc1. The number of rotatable bonds is 4. The summed E-state index contributed by atoms with van der Waals surface area (Å²) < 4.78 is 0. The number of carbonyl (C=O) groups is 1. The van der Waals surface area contributed by atoms with E-state index in [2.05, 4.69) is 10.6 Å². The molecule has 3 N–H and O–H groups in total. The van der Waals surface area contributed by atoms with Crippen molar-refractivity contribution in [3.63, 3.8) is 0 Å². The Bertz CT molecular complexity index is 612. The molecule has 0 aliphatic rings. The third-order valence-electron chi connectivity index (χ3n) is 2.72. The van der Waals surface area contributed by atoms with Crippen molar-refractivity contribution in [2.45, 2.75) is 13.5 Å². The topological polar surface area (TPSA) is 61.4 Å². The van der Waals surface area contributed by atoms with Crippen LogP contribution < -0.4 is 10.6 Å². The molecule has 5 heteroatoms. The Kier molecular flexibility index (Phi) is 4.48. The number of hydrogen-bond acceptors (Lipinski definition) is 3. The van der Waals surface area contributed by atoms with Crippen molar-refractivity contribution in [2.24, 2.45) is 0 Å². The maximum Gasteiger partial charge on any atom is 0.221 e. The summed E-state index contributed by atoms with van der Waals surface area (Å²) in [5.41, 5.74) is 2.68. The van der Waals surface area contributed by atoms with Crippen LogP contribution >= 0.6 is 11.6 Å². The van der Waals surface area contributed by atoms with Crippen LogP contribution in [0.15, 0.2) is 42.5 Å². The van der Waals surface area contributed by atoms with E-state index in [9.17, 15) is 9.90 Å². The molecule has 0 saturated heterocycles. The predicted molar refractivity (Wildman–Crippen MR) is 81.2 cm³/mol. The summed E-state index contributed by atoms with van der Waals surface area (Å²) in [5, 5.41) is 15.6. The number of anilines is 2. The molecule has 0 atom stereocenters. The molecule has 0 spiro atoms. The third kappa shape index (κ3) is 3.90. The first kappa shape index (κ1) is 14.2. The fourth-order valence-corrected chi connectivity index (χ4v) is 1.91. The minimum Gasteiger partial charge on any atom is -0.506 e. The van der Waals surface area contributed by atoms with Crippen molar-refractivity contribution in [2.75, 3.05) is 10.6 Å². The fraction of sp³-hybridized carbons (Fsp3) is 0.133. The predicted octanol–water partition coefficient (Wildman–Crippen LogP) is 3.62. The summed E-state index contributed by atoms with van der Waals surface area (Å²) in [6.07, 6.45) is 0. The van der Waals surface area contributed by atoms with Crippen LogP contribution in [0.3, 0.4) is 0 Å². The number of aromatic hydroxyl groups is 1. The van der Waals surface area contributed by atoms with E-state index < -0.39 is 0 Å². The number of hydrogen-bond donors (Lipinski definition) is 3. The first-order chi connectivity index (χ1) is 9.54. The zero-order valence-electron chi connectivity index (χ0n) is 11.0. The summed E-state index contributed by atoms with van der Waals surface area (Å²) in [4.78, 5) is 10.9. The molecule has 0 fully saturated rings. The number of benzene rings is 2. The van der Waals surface area contributed by atoms with Crippen LogP contribution in [0.4, 0.5) is 11.4 Å². The summed E-state index contributed by atoms with van der Waals surface area (Å²) in [5.74, 6) is -0.0218. The monoisotopic (exact) mass is 290 g/mol. The normalized spacial score (nSPS) is 10.1. The van der Waals surface area contributed by atoms with Gasteiger partial charge in [0.1, 0.15) is 5.75 Å². The van der Waals surface area contributed by atoms with Crippen LogP contribution in [0, 0.1) is 0 Å². The van der Waals surface area contributed by atoms with E-state index in [1.165, 1.54) is 6.92 Å². The van der Waals surface area contributed by atoms with E-state index in [0.29, 0.717) is 11.6 Å². The summed E-state index contributed by atoms with van der Waals surface area (Å²) >= 11 is 5.83. The molecule has 2 aromatic rings. The van der Waals surface area contributed by atoms with Crippen molar-refractivity contribution in [1.29, 1.82) is 0 Å². The highest BCUT2D eigenvalue weighted by Gasteiger charge is 2.00. The second-order valence-electron chi connectivity index (χ2n) is 4.40. The van der Waals surface area contributed by atoms with Crippen molar-refractivity contribution < 1.29 is 9.90 Å². The zero-order chi connectivity index (χ0) is 14.5. The molecule has 4 nitrogen and oxygen atoms in total. The second-order valence-corrected chi connectivity index (χ2v) is 4.81. The van der Waals surface area contributed by atoms with E-state index in [-0.39, 0.29) is 11.7 Å². The van der Waals surface area contributed by atoms with Gasteiger partial charge in [-0.15, -0.1) is 0 Å². The molecule has 1 amide bonds. The lowest BCUT2D eigenvalue weighted by atomic mass is 10.2.